The Hall–Kier alpha value is -3.43. The average molecular weight is 389 g/mol. The monoisotopic (exact) mass is 389 g/mol. The number of aromatic nitrogens is 1. The minimum absolute atomic E-state index is 0.299. The van der Waals surface area contributed by atoms with Crippen LogP contribution in [-0.2, 0) is 4.74 Å². The number of thiazole rings is 1. The van der Waals surface area contributed by atoms with Crippen molar-refractivity contribution in [3.05, 3.63) is 76.2 Å². The van der Waals surface area contributed by atoms with Gasteiger partial charge in [0, 0.05) is 17.1 Å². The summed E-state index contributed by atoms with van der Waals surface area (Å²) in [6.45, 7) is 4.09. The first kappa shape index (κ1) is 19.3. The van der Waals surface area contributed by atoms with Crippen molar-refractivity contribution in [3.63, 3.8) is 0 Å². The summed E-state index contributed by atoms with van der Waals surface area (Å²) in [4.78, 5) is 16.7. The van der Waals surface area contributed by atoms with Crippen LogP contribution < -0.4 is 5.32 Å². The lowest BCUT2D eigenvalue weighted by Crippen LogP contribution is -2.07. The van der Waals surface area contributed by atoms with Gasteiger partial charge in [-0.1, -0.05) is 42.0 Å². The number of hydrogen-bond acceptors (Lipinski definition) is 6. The predicted octanol–water partition coefficient (Wildman–Crippen LogP) is 5.27. The van der Waals surface area contributed by atoms with Crippen molar-refractivity contribution in [1.82, 2.24) is 4.98 Å². The molecule has 2 aromatic carbocycles. The van der Waals surface area contributed by atoms with Crippen LogP contribution >= 0.6 is 11.3 Å². The first-order valence-electron chi connectivity index (χ1n) is 8.78. The molecular formula is C22H19N3O2S. The Labute approximate surface area is 167 Å². The number of para-hydroxylation sites is 1. The van der Waals surface area contributed by atoms with E-state index >= 15 is 0 Å². The summed E-state index contributed by atoms with van der Waals surface area (Å²) in [5, 5.41) is 15.1. The molecule has 6 heteroatoms. The maximum absolute atomic E-state index is 12.1. The summed E-state index contributed by atoms with van der Waals surface area (Å²) in [6.07, 6.45) is 1.57. The van der Waals surface area contributed by atoms with Gasteiger partial charge in [-0.05, 0) is 26.0 Å². The minimum atomic E-state index is -0.409. The maximum atomic E-state index is 12.1. The van der Waals surface area contributed by atoms with Crippen LogP contribution in [0.1, 0.15) is 27.9 Å². The van der Waals surface area contributed by atoms with Crippen LogP contribution in [0.5, 0.6) is 0 Å². The van der Waals surface area contributed by atoms with E-state index in [1.54, 1.807) is 31.3 Å². The van der Waals surface area contributed by atoms with Gasteiger partial charge in [-0.3, -0.25) is 0 Å². The van der Waals surface area contributed by atoms with Gasteiger partial charge in [-0.25, -0.2) is 9.78 Å². The molecule has 1 heterocycles. The molecule has 5 nitrogen and oxygen atoms in total. The molecular weight excluding hydrogens is 370 g/mol. The van der Waals surface area contributed by atoms with E-state index in [1.807, 2.05) is 42.6 Å². The molecule has 0 radical (unpaired) electrons. The van der Waals surface area contributed by atoms with Crippen LogP contribution in [0.2, 0.25) is 0 Å². The van der Waals surface area contributed by atoms with Gasteiger partial charge in [-0.15, -0.1) is 11.3 Å². The molecule has 1 N–H and O–H groups in total. The number of allylic oxidation sites excluding steroid dienone is 1. The van der Waals surface area contributed by atoms with Crippen molar-refractivity contribution < 1.29 is 9.53 Å². The van der Waals surface area contributed by atoms with Crippen LogP contribution in [-0.4, -0.2) is 17.6 Å². The van der Waals surface area contributed by atoms with Gasteiger partial charge in [0.05, 0.1) is 23.6 Å². The number of aryl methyl sites for hydroxylation is 1. The number of nitrogens with zero attached hydrogens (tertiary/aromatic N) is 2. The highest BCUT2D eigenvalue weighted by atomic mass is 32.1. The molecule has 0 aliphatic rings. The number of benzene rings is 2. The zero-order chi connectivity index (χ0) is 19.9. The van der Waals surface area contributed by atoms with Gasteiger partial charge in [-0.2, -0.15) is 5.26 Å². The van der Waals surface area contributed by atoms with Crippen molar-refractivity contribution >= 4 is 28.6 Å². The number of ether oxygens (including phenoxy) is 1. The molecule has 140 valence electrons. The molecule has 0 aliphatic heterocycles. The fourth-order valence-corrected chi connectivity index (χ4v) is 3.34. The molecule has 0 aliphatic carbocycles. The van der Waals surface area contributed by atoms with E-state index in [-0.39, 0.29) is 0 Å². The Morgan fingerprint density at radius 2 is 2.00 bits per heavy atom. The highest BCUT2D eigenvalue weighted by molar-refractivity contribution is 7.11. The second kappa shape index (κ2) is 8.98. The molecule has 28 heavy (non-hydrogen) atoms. The van der Waals surface area contributed by atoms with E-state index in [0.717, 1.165) is 11.3 Å². The predicted molar refractivity (Wildman–Crippen MR) is 112 cm³/mol. The normalized spacial score (nSPS) is 11.0. The van der Waals surface area contributed by atoms with E-state index in [1.165, 1.54) is 16.9 Å². The third kappa shape index (κ3) is 4.45. The molecule has 0 unspecified atom stereocenters. The van der Waals surface area contributed by atoms with Crippen LogP contribution in [0.25, 0.3) is 16.8 Å². The van der Waals surface area contributed by atoms with Gasteiger partial charge in [0.2, 0.25) is 0 Å². The van der Waals surface area contributed by atoms with E-state index < -0.39 is 5.97 Å². The molecule has 0 saturated heterocycles. The van der Waals surface area contributed by atoms with Crippen LogP contribution in [0.3, 0.4) is 0 Å². The molecule has 1 aromatic heterocycles. The largest absolute Gasteiger partial charge is 0.462 e. The fourth-order valence-electron chi connectivity index (χ4n) is 2.54. The summed E-state index contributed by atoms with van der Waals surface area (Å²) < 4.78 is 5.07. The number of carbonyl (C=O) groups is 1. The van der Waals surface area contributed by atoms with Crippen molar-refractivity contribution in [2.24, 2.45) is 0 Å². The summed E-state index contributed by atoms with van der Waals surface area (Å²) in [7, 11) is 0. The third-order valence-electron chi connectivity index (χ3n) is 4.00. The van der Waals surface area contributed by atoms with Crippen LogP contribution in [0.4, 0.5) is 5.69 Å². The minimum Gasteiger partial charge on any atom is -0.462 e. The average Bonchev–Trinajstić information content (AvgIpc) is 3.19. The summed E-state index contributed by atoms with van der Waals surface area (Å²) in [6, 6.07) is 17.3. The third-order valence-corrected chi connectivity index (χ3v) is 4.87. The SMILES string of the molecule is CCOC(=O)c1ccccc1N/C=C(\C#N)c1nc(-c2ccc(C)cc2)cs1. The van der Waals surface area contributed by atoms with Crippen LogP contribution in [0, 0.1) is 18.3 Å². The van der Waals surface area contributed by atoms with Gasteiger partial charge in [0.15, 0.2) is 0 Å². The van der Waals surface area contributed by atoms with Crippen molar-refractivity contribution in [2.45, 2.75) is 13.8 Å². The quantitative estimate of drug-likeness (QED) is 0.459. The molecule has 3 rings (SSSR count). The van der Waals surface area contributed by atoms with E-state index in [9.17, 15) is 10.1 Å². The molecule has 0 fully saturated rings. The van der Waals surface area contributed by atoms with Crippen molar-refractivity contribution in [1.29, 1.82) is 5.26 Å². The Morgan fingerprint density at radius 3 is 2.71 bits per heavy atom. The number of nitrogens with one attached hydrogen (secondary N) is 1. The summed E-state index contributed by atoms with van der Waals surface area (Å²) in [5.74, 6) is -0.409. The Kier molecular flexibility index (Phi) is 6.20. The van der Waals surface area contributed by atoms with E-state index in [4.69, 9.17) is 4.74 Å². The molecule has 0 saturated carbocycles. The highest BCUT2D eigenvalue weighted by Crippen LogP contribution is 2.26. The van der Waals surface area contributed by atoms with Gasteiger partial charge in [0.25, 0.3) is 0 Å². The number of rotatable bonds is 6. The number of hydrogen-bond donors (Lipinski definition) is 1. The lowest BCUT2D eigenvalue weighted by atomic mass is 10.1. The van der Waals surface area contributed by atoms with Gasteiger partial charge in [0.1, 0.15) is 16.6 Å². The van der Waals surface area contributed by atoms with Gasteiger partial charge < -0.3 is 10.1 Å². The first-order chi connectivity index (χ1) is 13.6. The molecule has 0 amide bonds. The highest BCUT2D eigenvalue weighted by Gasteiger charge is 2.12. The van der Waals surface area contributed by atoms with Crippen molar-refractivity contribution in [3.8, 4) is 17.3 Å². The Balaban J connectivity index is 1.83. The molecule has 0 atom stereocenters. The topological polar surface area (TPSA) is 75.0 Å². The zero-order valence-electron chi connectivity index (χ0n) is 15.6. The second-order valence-electron chi connectivity index (χ2n) is 5.98. The number of carbonyl (C=O) groups excluding carboxylic acids is 1. The van der Waals surface area contributed by atoms with E-state index in [0.29, 0.717) is 28.4 Å². The molecule has 0 bridgehead atoms. The van der Waals surface area contributed by atoms with Crippen molar-refractivity contribution in [2.75, 3.05) is 11.9 Å². The maximum Gasteiger partial charge on any atom is 0.340 e. The Bertz CT molecular complexity index is 1050. The number of nitriles is 1. The summed E-state index contributed by atoms with van der Waals surface area (Å²) >= 11 is 1.40. The summed E-state index contributed by atoms with van der Waals surface area (Å²) in [5.41, 5.74) is 4.39. The number of anilines is 1. The van der Waals surface area contributed by atoms with E-state index in [2.05, 4.69) is 16.4 Å². The Morgan fingerprint density at radius 1 is 1.25 bits per heavy atom. The zero-order valence-corrected chi connectivity index (χ0v) is 16.4. The lowest BCUT2D eigenvalue weighted by molar-refractivity contribution is 0.0527. The molecule has 0 spiro atoms. The molecule has 3 aromatic rings. The standard InChI is InChI=1S/C22H19N3O2S/c1-3-27-22(26)18-6-4-5-7-19(18)24-13-17(12-23)21-25-20(14-28-21)16-10-8-15(2)9-11-16/h4-11,13-14,24H,3H2,1-2H3/b17-13+. The second-order valence-corrected chi connectivity index (χ2v) is 6.84. The smallest absolute Gasteiger partial charge is 0.340 e. The van der Waals surface area contributed by atoms with Crippen LogP contribution in [0.15, 0.2) is 60.1 Å². The fraction of sp³-hybridized carbons (Fsp3) is 0.136. The number of esters is 1. The first-order valence-corrected chi connectivity index (χ1v) is 9.66. The lowest BCUT2D eigenvalue weighted by Gasteiger charge is -2.08. The van der Waals surface area contributed by atoms with Gasteiger partial charge >= 0.3 is 5.97 Å².